The molecule has 0 bridgehead atoms. The number of aromatic amines is 1. The lowest BCUT2D eigenvalue weighted by atomic mass is 9.98. The predicted octanol–water partition coefficient (Wildman–Crippen LogP) is 4.35. The molecule has 2 heteroatoms. The summed E-state index contributed by atoms with van der Waals surface area (Å²) in [6.45, 7) is 0. The number of hydrogen-bond acceptors (Lipinski definition) is 1. The van der Waals surface area contributed by atoms with Crippen molar-refractivity contribution in [1.82, 2.24) is 4.98 Å². The summed E-state index contributed by atoms with van der Waals surface area (Å²) < 4.78 is 0. The topological polar surface area (TPSA) is 32.9 Å². The highest BCUT2D eigenvalue weighted by Crippen LogP contribution is 2.28. The second-order valence-corrected chi connectivity index (χ2v) is 5.15. The Hall–Kier alpha value is -2.87. The minimum atomic E-state index is -0.0724. The lowest BCUT2D eigenvalue weighted by Gasteiger charge is -2.07. The first-order chi connectivity index (χ1) is 10.3. The number of hydrogen-bond donors (Lipinski definition) is 1. The molecule has 4 rings (SSSR count). The maximum atomic E-state index is 11.9. The fraction of sp³-hybridized carbons (Fsp3) is 0. The second-order valence-electron chi connectivity index (χ2n) is 5.15. The van der Waals surface area contributed by atoms with Crippen LogP contribution in [0.4, 0.5) is 0 Å². The first-order valence-corrected chi connectivity index (χ1v) is 6.92. The quantitative estimate of drug-likeness (QED) is 0.548. The zero-order valence-electron chi connectivity index (χ0n) is 11.3. The highest BCUT2D eigenvalue weighted by Gasteiger charge is 2.06. The molecule has 3 aromatic carbocycles. The number of aromatic nitrogens is 1. The summed E-state index contributed by atoms with van der Waals surface area (Å²) in [5.41, 5.74) is 2.83. The molecule has 0 amide bonds. The largest absolute Gasteiger partial charge is 0.322 e. The summed E-state index contributed by atoms with van der Waals surface area (Å²) >= 11 is 0. The maximum absolute atomic E-state index is 11.9. The Morgan fingerprint density at radius 1 is 0.714 bits per heavy atom. The van der Waals surface area contributed by atoms with Crippen molar-refractivity contribution in [2.45, 2.75) is 0 Å². The van der Waals surface area contributed by atoms with Crippen molar-refractivity contribution in [3.8, 4) is 11.1 Å². The minimum absolute atomic E-state index is 0.0724. The van der Waals surface area contributed by atoms with E-state index in [-0.39, 0.29) is 5.56 Å². The molecule has 1 heterocycles. The third kappa shape index (κ3) is 2.01. The molecule has 0 aliphatic carbocycles. The van der Waals surface area contributed by atoms with Gasteiger partial charge in [0.2, 0.25) is 5.56 Å². The zero-order valence-corrected chi connectivity index (χ0v) is 11.3. The lowest BCUT2D eigenvalue weighted by molar-refractivity contribution is 1.31. The van der Waals surface area contributed by atoms with E-state index in [1.54, 1.807) is 6.07 Å². The summed E-state index contributed by atoms with van der Waals surface area (Å²) in [5, 5.41) is 3.45. The van der Waals surface area contributed by atoms with E-state index in [1.807, 2.05) is 36.4 Å². The van der Waals surface area contributed by atoms with Gasteiger partial charge in [-0.15, -0.1) is 0 Å². The van der Waals surface area contributed by atoms with Crippen molar-refractivity contribution < 1.29 is 0 Å². The maximum Gasteiger partial charge on any atom is 0.249 e. The monoisotopic (exact) mass is 271 g/mol. The zero-order chi connectivity index (χ0) is 14.2. The molecule has 2 nitrogen and oxygen atoms in total. The molecule has 0 fully saturated rings. The number of H-pyrrole nitrogens is 1. The normalized spacial score (nSPS) is 11.0. The Kier molecular flexibility index (Phi) is 2.61. The van der Waals surface area contributed by atoms with Gasteiger partial charge in [-0.25, -0.2) is 0 Å². The predicted molar refractivity (Wildman–Crippen MR) is 87.5 cm³/mol. The molecule has 0 saturated heterocycles. The van der Waals surface area contributed by atoms with E-state index in [1.165, 1.54) is 10.8 Å². The standard InChI is InChI=1S/C19H13NO/c21-19-12-17(16-7-3-4-8-18(16)20-19)15-10-9-13-5-1-2-6-14(13)11-15/h1-12H,(H,20,21). The van der Waals surface area contributed by atoms with Crippen molar-refractivity contribution in [3.63, 3.8) is 0 Å². The van der Waals surface area contributed by atoms with E-state index >= 15 is 0 Å². The van der Waals surface area contributed by atoms with Crippen molar-refractivity contribution in [3.05, 3.63) is 83.2 Å². The lowest BCUT2D eigenvalue weighted by Crippen LogP contribution is -2.04. The third-order valence-electron chi connectivity index (χ3n) is 3.81. The summed E-state index contributed by atoms with van der Waals surface area (Å²) in [5.74, 6) is 0. The molecule has 21 heavy (non-hydrogen) atoms. The highest BCUT2D eigenvalue weighted by atomic mass is 16.1. The number of para-hydroxylation sites is 1. The molecule has 1 aromatic heterocycles. The smallest absolute Gasteiger partial charge is 0.249 e. The Labute approximate surface area is 121 Å². The molecule has 0 aliphatic heterocycles. The van der Waals surface area contributed by atoms with Crippen LogP contribution in [0.1, 0.15) is 0 Å². The van der Waals surface area contributed by atoms with Crippen LogP contribution < -0.4 is 5.56 Å². The molecule has 0 radical (unpaired) electrons. The van der Waals surface area contributed by atoms with Crippen LogP contribution in [0, 0.1) is 0 Å². The van der Waals surface area contributed by atoms with Crippen LogP contribution in [0.3, 0.4) is 0 Å². The molecular formula is C19H13NO. The van der Waals surface area contributed by atoms with Gasteiger partial charge in [0, 0.05) is 17.0 Å². The van der Waals surface area contributed by atoms with E-state index in [0.29, 0.717) is 0 Å². The Bertz CT molecular complexity index is 1010. The SMILES string of the molecule is O=c1cc(-c2ccc3ccccc3c2)c2ccccc2[nH]1. The van der Waals surface area contributed by atoms with Crippen LogP contribution in [0.5, 0.6) is 0 Å². The van der Waals surface area contributed by atoms with Gasteiger partial charge in [0.15, 0.2) is 0 Å². The van der Waals surface area contributed by atoms with Gasteiger partial charge in [0.1, 0.15) is 0 Å². The number of nitrogens with one attached hydrogen (secondary N) is 1. The van der Waals surface area contributed by atoms with E-state index in [9.17, 15) is 4.79 Å². The van der Waals surface area contributed by atoms with E-state index in [4.69, 9.17) is 0 Å². The molecule has 1 N–H and O–H groups in total. The first-order valence-electron chi connectivity index (χ1n) is 6.92. The van der Waals surface area contributed by atoms with Crippen molar-refractivity contribution in [1.29, 1.82) is 0 Å². The van der Waals surface area contributed by atoms with Gasteiger partial charge < -0.3 is 4.98 Å². The van der Waals surface area contributed by atoms with Gasteiger partial charge in [0.25, 0.3) is 0 Å². The number of pyridine rings is 1. The molecule has 0 atom stereocenters. The van der Waals surface area contributed by atoms with Crippen LogP contribution in [0.25, 0.3) is 32.8 Å². The van der Waals surface area contributed by atoms with Crippen molar-refractivity contribution in [2.75, 3.05) is 0 Å². The van der Waals surface area contributed by atoms with Gasteiger partial charge in [-0.1, -0.05) is 54.6 Å². The Balaban J connectivity index is 2.06. The summed E-state index contributed by atoms with van der Waals surface area (Å²) in [6, 6.07) is 24.1. The highest BCUT2D eigenvalue weighted by molar-refractivity contribution is 5.97. The number of rotatable bonds is 1. The van der Waals surface area contributed by atoms with Crippen LogP contribution in [-0.4, -0.2) is 4.98 Å². The second kappa shape index (κ2) is 4.60. The fourth-order valence-electron chi connectivity index (χ4n) is 2.80. The number of fused-ring (bicyclic) bond motifs is 2. The van der Waals surface area contributed by atoms with Crippen molar-refractivity contribution >= 4 is 21.7 Å². The van der Waals surface area contributed by atoms with E-state index in [0.717, 1.165) is 22.0 Å². The molecule has 0 spiro atoms. The molecule has 0 aliphatic rings. The molecule has 0 unspecified atom stereocenters. The number of benzene rings is 3. The van der Waals surface area contributed by atoms with Crippen LogP contribution in [-0.2, 0) is 0 Å². The van der Waals surface area contributed by atoms with E-state index in [2.05, 4.69) is 35.3 Å². The third-order valence-corrected chi connectivity index (χ3v) is 3.81. The summed E-state index contributed by atoms with van der Waals surface area (Å²) in [6.07, 6.45) is 0. The molecular weight excluding hydrogens is 258 g/mol. The molecule has 4 aromatic rings. The van der Waals surface area contributed by atoms with Crippen LogP contribution >= 0.6 is 0 Å². The van der Waals surface area contributed by atoms with Gasteiger partial charge in [-0.2, -0.15) is 0 Å². The van der Waals surface area contributed by atoms with E-state index < -0.39 is 0 Å². The van der Waals surface area contributed by atoms with Crippen LogP contribution in [0.15, 0.2) is 77.6 Å². The summed E-state index contributed by atoms with van der Waals surface area (Å²) in [7, 11) is 0. The fourth-order valence-corrected chi connectivity index (χ4v) is 2.80. The average molecular weight is 271 g/mol. The molecule has 0 saturated carbocycles. The first kappa shape index (κ1) is 11.9. The van der Waals surface area contributed by atoms with Crippen LogP contribution in [0.2, 0.25) is 0 Å². The Morgan fingerprint density at radius 3 is 2.38 bits per heavy atom. The van der Waals surface area contributed by atoms with Gasteiger partial charge in [-0.05, 0) is 34.0 Å². The van der Waals surface area contributed by atoms with Gasteiger partial charge in [-0.3, -0.25) is 4.79 Å². The van der Waals surface area contributed by atoms with Crippen molar-refractivity contribution in [2.24, 2.45) is 0 Å². The minimum Gasteiger partial charge on any atom is -0.322 e. The van der Waals surface area contributed by atoms with Gasteiger partial charge in [0.05, 0.1) is 0 Å². The summed E-state index contributed by atoms with van der Waals surface area (Å²) in [4.78, 5) is 14.8. The average Bonchev–Trinajstić information content (AvgIpc) is 2.53. The Morgan fingerprint density at radius 2 is 1.48 bits per heavy atom. The molecule has 100 valence electrons. The van der Waals surface area contributed by atoms with Gasteiger partial charge >= 0.3 is 0 Å².